The van der Waals surface area contributed by atoms with Crippen molar-refractivity contribution in [3.8, 4) is 11.3 Å². The number of anilines is 1. The van der Waals surface area contributed by atoms with Gasteiger partial charge in [0.15, 0.2) is 0 Å². The standard InChI is InChI=1S/C29H28BrN3O2S/c1-29(2,3)17-10-13-20-24(14-17)36-28(25(20)26(31)34)33-27(35)21-15-23(16-8-11-18(30)12-9-16)32-22-7-5-4-6-19(21)22/h4-9,11-12,15,17H,10,13-14H2,1-3H3,(H2,31,34)(H,33,35)/t17-/m1/s1. The van der Waals surface area contributed by atoms with Crippen LogP contribution in [0, 0.1) is 11.3 Å². The highest BCUT2D eigenvalue weighted by molar-refractivity contribution is 9.10. The van der Waals surface area contributed by atoms with Crippen molar-refractivity contribution in [2.24, 2.45) is 17.1 Å². The molecule has 184 valence electrons. The second-order valence-electron chi connectivity index (χ2n) is 10.4. The third-order valence-electron chi connectivity index (χ3n) is 7.06. The number of rotatable bonds is 4. The molecule has 0 spiro atoms. The number of nitrogens with two attached hydrogens (primary N) is 1. The molecule has 0 bridgehead atoms. The number of hydrogen-bond acceptors (Lipinski definition) is 4. The minimum Gasteiger partial charge on any atom is -0.365 e. The Morgan fingerprint density at radius 1 is 1.11 bits per heavy atom. The maximum atomic E-state index is 13.7. The summed E-state index contributed by atoms with van der Waals surface area (Å²) < 4.78 is 0.972. The van der Waals surface area contributed by atoms with Crippen molar-refractivity contribution < 1.29 is 9.59 Å². The largest absolute Gasteiger partial charge is 0.365 e. The molecule has 5 rings (SSSR count). The highest BCUT2D eigenvalue weighted by Gasteiger charge is 2.33. The number of amides is 2. The van der Waals surface area contributed by atoms with Gasteiger partial charge in [0.2, 0.25) is 0 Å². The van der Waals surface area contributed by atoms with Gasteiger partial charge < -0.3 is 11.1 Å². The normalized spacial score (nSPS) is 15.5. The Hall–Kier alpha value is -3.03. The fraction of sp³-hybridized carbons (Fsp3) is 0.276. The monoisotopic (exact) mass is 561 g/mol. The molecule has 5 nitrogen and oxygen atoms in total. The molecule has 36 heavy (non-hydrogen) atoms. The van der Waals surface area contributed by atoms with E-state index in [-0.39, 0.29) is 11.3 Å². The summed E-state index contributed by atoms with van der Waals surface area (Å²) in [5.41, 5.74) is 10.3. The van der Waals surface area contributed by atoms with E-state index in [1.165, 1.54) is 11.3 Å². The van der Waals surface area contributed by atoms with Crippen LogP contribution in [0.2, 0.25) is 0 Å². The van der Waals surface area contributed by atoms with E-state index in [4.69, 9.17) is 10.7 Å². The van der Waals surface area contributed by atoms with Gasteiger partial charge in [-0.3, -0.25) is 9.59 Å². The zero-order valence-corrected chi connectivity index (χ0v) is 22.9. The number of primary amides is 1. The zero-order chi connectivity index (χ0) is 25.6. The zero-order valence-electron chi connectivity index (χ0n) is 20.5. The van der Waals surface area contributed by atoms with Gasteiger partial charge in [-0.1, -0.05) is 67.0 Å². The number of benzene rings is 2. The van der Waals surface area contributed by atoms with Gasteiger partial charge in [0.25, 0.3) is 11.8 Å². The number of carbonyl (C=O) groups is 2. The number of pyridine rings is 1. The molecular weight excluding hydrogens is 534 g/mol. The predicted octanol–water partition coefficient (Wildman–Crippen LogP) is 7.23. The van der Waals surface area contributed by atoms with E-state index < -0.39 is 5.91 Å². The SMILES string of the molecule is CC(C)(C)[C@@H]1CCc2c(sc(NC(=O)c3cc(-c4ccc(Br)cc4)nc4ccccc34)c2C(N)=O)C1. The first-order chi connectivity index (χ1) is 17.1. The van der Waals surface area contributed by atoms with Gasteiger partial charge in [0.05, 0.1) is 22.3 Å². The van der Waals surface area contributed by atoms with Gasteiger partial charge in [-0.15, -0.1) is 11.3 Å². The molecule has 2 aromatic heterocycles. The molecule has 1 aliphatic carbocycles. The molecule has 0 unspecified atom stereocenters. The van der Waals surface area contributed by atoms with E-state index in [1.807, 2.05) is 54.6 Å². The number of thiophene rings is 1. The van der Waals surface area contributed by atoms with E-state index in [9.17, 15) is 9.59 Å². The van der Waals surface area contributed by atoms with Crippen molar-refractivity contribution in [1.29, 1.82) is 0 Å². The minimum absolute atomic E-state index is 0.178. The third-order valence-corrected chi connectivity index (χ3v) is 8.76. The Morgan fingerprint density at radius 2 is 1.83 bits per heavy atom. The summed E-state index contributed by atoms with van der Waals surface area (Å²) in [6.45, 7) is 6.77. The molecule has 2 amide bonds. The van der Waals surface area contributed by atoms with Crippen LogP contribution in [0.3, 0.4) is 0 Å². The fourth-order valence-electron chi connectivity index (χ4n) is 4.98. The second kappa shape index (κ2) is 9.45. The summed E-state index contributed by atoms with van der Waals surface area (Å²) in [6.07, 6.45) is 2.70. The average molecular weight is 563 g/mol. The van der Waals surface area contributed by atoms with Crippen LogP contribution in [0.15, 0.2) is 59.1 Å². The van der Waals surface area contributed by atoms with Crippen molar-refractivity contribution in [3.63, 3.8) is 0 Å². The van der Waals surface area contributed by atoms with Crippen LogP contribution in [-0.4, -0.2) is 16.8 Å². The van der Waals surface area contributed by atoms with Crippen LogP contribution in [0.1, 0.15) is 58.3 Å². The number of halogens is 1. The van der Waals surface area contributed by atoms with E-state index in [2.05, 4.69) is 42.0 Å². The summed E-state index contributed by atoms with van der Waals surface area (Å²) in [6, 6.07) is 17.2. The van der Waals surface area contributed by atoms with Crippen LogP contribution < -0.4 is 11.1 Å². The van der Waals surface area contributed by atoms with Crippen molar-refractivity contribution in [3.05, 3.63) is 80.6 Å². The number of para-hydroxylation sites is 1. The Labute approximate surface area is 223 Å². The van der Waals surface area contributed by atoms with Crippen LogP contribution in [-0.2, 0) is 12.8 Å². The maximum Gasteiger partial charge on any atom is 0.257 e. The topological polar surface area (TPSA) is 85.1 Å². The fourth-order valence-corrected chi connectivity index (χ4v) is 6.57. The van der Waals surface area contributed by atoms with E-state index in [1.54, 1.807) is 0 Å². The molecular formula is C29H28BrN3O2S. The van der Waals surface area contributed by atoms with E-state index in [0.717, 1.165) is 50.6 Å². The van der Waals surface area contributed by atoms with Crippen molar-refractivity contribution in [1.82, 2.24) is 4.98 Å². The van der Waals surface area contributed by atoms with Gasteiger partial charge in [-0.2, -0.15) is 0 Å². The van der Waals surface area contributed by atoms with Crippen molar-refractivity contribution >= 4 is 55.0 Å². The second-order valence-corrected chi connectivity index (χ2v) is 12.4. The summed E-state index contributed by atoms with van der Waals surface area (Å²) in [5, 5.41) is 4.34. The molecule has 0 aliphatic heterocycles. The van der Waals surface area contributed by atoms with Crippen LogP contribution in [0.4, 0.5) is 5.00 Å². The van der Waals surface area contributed by atoms with Gasteiger partial charge >= 0.3 is 0 Å². The number of carbonyl (C=O) groups excluding carboxylic acids is 2. The highest BCUT2D eigenvalue weighted by atomic mass is 79.9. The Kier molecular flexibility index (Phi) is 6.47. The number of aromatic nitrogens is 1. The lowest BCUT2D eigenvalue weighted by molar-refractivity contribution is 0.1000. The Balaban J connectivity index is 1.55. The van der Waals surface area contributed by atoms with Gasteiger partial charge in [0.1, 0.15) is 5.00 Å². The molecule has 0 saturated heterocycles. The summed E-state index contributed by atoms with van der Waals surface area (Å²) in [7, 11) is 0. The first kappa shape index (κ1) is 24.7. The lowest BCUT2D eigenvalue weighted by Gasteiger charge is -2.33. The van der Waals surface area contributed by atoms with Gasteiger partial charge in [-0.05, 0) is 60.4 Å². The molecule has 4 aromatic rings. The lowest BCUT2D eigenvalue weighted by Crippen LogP contribution is -2.27. The van der Waals surface area contributed by atoms with Crippen molar-refractivity contribution in [2.45, 2.75) is 40.0 Å². The number of fused-ring (bicyclic) bond motifs is 2. The summed E-state index contributed by atoms with van der Waals surface area (Å²) >= 11 is 4.96. The lowest BCUT2D eigenvalue weighted by atomic mass is 9.72. The van der Waals surface area contributed by atoms with Gasteiger partial charge in [-0.25, -0.2) is 4.98 Å². The minimum atomic E-state index is -0.493. The molecule has 7 heteroatoms. The molecule has 2 aromatic carbocycles. The Bertz CT molecular complexity index is 1490. The summed E-state index contributed by atoms with van der Waals surface area (Å²) in [5.74, 6) is -0.252. The average Bonchev–Trinajstić information content (AvgIpc) is 3.20. The maximum absolute atomic E-state index is 13.7. The van der Waals surface area contributed by atoms with Crippen LogP contribution >= 0.6 is 27.3 Å². The van der Waals surface area contributed by atoms with Gasteiger partial charge in [0, 0.05) is 20.3 Å². The smallest absolute Gasteiger partial charge is 0.257 e. The first-order valence-corrected chi connectivity index (χ1v) is 13.6. The first-order valence-electron chi connectivity index (χ1n) is 12.0. The third kappa shape index (κ3) is 4.70. The number of hydrogen-bond donors (Lipinski definition) is 2. The van der Waals surface area contributed by atoms with E-state index in [0.29, 0.717) is 27.7 Å². The van der Waals surface area contributed by atoms with Crippen LogP contribution in [0.25, 0.3) is 22.2 Å². The molecule has 0 fully saturated rings. The quantitative estimate of drug-likeness (QED) is 0.275. The molecule has 1 atom stereocenters. The van der Waals surface area contributed by atoms with Crippen molar-refractivity contribution in [2.75, 3.05) is 5.32 Å². The number of nitrogens with one attached hydrogen (secondary N) is 1. The van der Waals surface area contributed by atoms with E-state index >= 15 is 0 Å². The van der Waals surface area contributed by atoms with Crippen LogP contribution in [0.5, 0.6) is 0 Å². The molecule has 1 aliphatic rings. The predicted molar refractivity (Wildman–Crippen MR) is 151 cm³/mol. The molecule has 2 heterocycles. The Morgan fingerprint density at radius 3 is 2.53 bits per heavy atom. The highest BCUT2D eigenvalue weighted by Crippen LogP contribution is 2.44. The molecule has 0 saturated carbocycles. The number of nitrogens with zero attached hydrogens (tertiary/aromatic N) is 1. The molecule has 0 radical (unpaired) electrons. The molecule has 3 N–H and O–H groups in total. The summed E-state index contributed by atoms with van der Waals surface area (Å²) in [4.78, 5) is 32.1.